The number of methoxy groups -OCH3 is 1. The van der Waals surface area contributed by atoms with E-state index in [9.17, 15) is 9.59 Å². The largest absolute Gasteiger partial charge is 0.472 e. The number of carbonyl (C=O) groups excluding carboxylic acids is 2. The highest BCUT2D eigenvalue weighted by molar-refractivity contribution is 6.05. The standard InChI is InChI=1S/C18H19N3O4/c1-12-19-9-7-16(20-12)25-13-8-10-21(11-13)17(22)14-5-3-4-6-15(14)18(23)24-2/h3-7,9,13H,8,10-11H2,1-2H3. The van der Waals surface area contributed by atoms with Crippen molar-refractivity contribution in [2.75, 3.05) is 20.2 Å². The number of hydrogen-bond donors (Lipinski definition) is 0. The van der Waals surface area contributed by atoms with Crippen LogP contribution in [-0.2, 0) is 4.74 Å². The third-order valence-electron chi connectivity index (χ3n) is 4.03. The van der Waals surface area contributed by atoms with Gasteiger partial charge < -0.3 is 14.4 Å². The van der Waals surface area contributed by atoms with E-state index >= 15 is 0 Å². The van der Waals surface area contributed by atoms with Gasteiger partial charge in [0.15, 0.2) is 0 Å². The number of benzene rings is 1. The van der Waals surface area contributed by atoms with Gasteiger partial charge in [0.05, 0.1) is 24.8 Å². The van der Waals surface area contributed by atoms with Gasteiger partial charge in [0, 0.05) is 25.2 Å². The van der Waals surface area contributed by atoms with Crippen LogP contribution in [0.1, 0.15) is 33.0 Å². The molecule has 1 atom stereocenters. The summed E-state index contributed by atoms with van der Waals surface area (Å²) in [4.78, 5) is 34.6. The maximum absolute atomic E-state index is 12.8. The Labute approximate surface area is 145 Å². The number of nitrogens with zero attached hydrogens (tertiary/aromatic N) is 3. The Morgan fingerprint density at radius 3 is 2.68 bits per heavy atom. The first-order valence-electron chi connectivity index (χ1n) is 8.01. The second-order valence-corrected chi connectivity index (χ2v) is 5.76. The van der Waals surface area contributed by atoms with Crippen LogP contribution in [0.2, 0.25) is 0 Å². The molecule has 1 amide bonds. The van der Waals surface area contributed by atoms with E-state index in [2.05, 4.69) is 9.97 Å². The lowest BCUT2D eigenvalue weighted by Crippen LogP contribution is -2.32. The topological polar surface area (TPSA) is 81.6 Å². The summed E-state index contributed by atoms with van der Waals surface area (Å²) in [5.74, 6) is 0.413. The quantitative estimate of drug-likeness (QED) is 0.790. The number of likely N-dealkylation sites (tertiary alicyclic amines) is 1. The van der Waals surface area contributed by atoms with Gasteiger partial charge >= 0.3 is 5.97 Å². The van der Waals surface area contributed by atoms with Crippen LogP contribution in [0.5, 0.6) is 5.88 Å². The molecule has 1 aliphatic heterocycles. The van der Waals surface area contributed by atoms with E-state index in [-0.39, 0.29) is 17.6 Å². The zero-order valence-corrected chi connectivity index (χ0v) is 14.1. The number of aromatic nitrogens is 2. The molecule has 7 nitrogen and oxygen atoms in total. The van der Waals surface area contributed by atoms with Crippen LogP contribution in [0.4, 0.5) is 0 Å². The molecule has 1 aromatic heterocycles. The minimum absolute atomic E-state index is 0.136. The molecule has 0 spiro atoms. The molecular formula is C18H19N3O4. The monoisotopic (exact) mass is 341 g/mol. The van der Waals surface area contributed by atoms with Gasteiger partial charge in [0.1, 0.15) is 11.9 Å². The van der Waals surface area contributed by atoms with Crippen molar-refractivity contribution in [2.45, 2.75) is 19.4 Å². The van der Waals surface area contributed by atoms with Gasteiger partial charge in [-0.15, -0.1) is 0 Å². The van der Waals surface area contributed by atoms with Gasteiger partial charge in [-0.1, -0.05) is 12.1 Å². The number of ether oxygens (including phenoxy) is 2. The normalized spacial score (nSPS) is 16.6. The van der Waals surface area contributed by atoms with Crippen LogP contribution in [0, 0.1) is 6.92 Å². The summed E-state index contributed by atoms with van der Waals surface area (Å²) >= 11 is 0. The van der Waals surface area contributed by atoms with Crippen LogP contribution >= 0.6 is 0 Å². The van der Waals surface area contributed by atoms with Crippen molar-refractivity contribution >= 4 is 11.9 Å². The van der Waals surface area contributed by atoms with E-state index in [0.717, 1.165) is 0 Å². The first-order chi connectivity index (χ1) is 12.1. The summed E-state index contributed by atoms with van der Waals surface area (Å²) < 4.78 is 10.6. The van der Waals surface area contributed by atoms with Crippen LogP contribution in [0.15, 0.2) is 36.5 Å². The third-order valence-corrected chi connectivity index (χ3v) is 4.03. The summed E-state index contributed by atoms with van der Waals surface area (Å²) in [6.45, 7) is 2.79. The SMILES string of the molecule is COC(=O)c1ccccc1C(=O)N1CCC(Oc2ccnc(C)n2)C1. The lowest BCUT2D eigenvalue weighted by molar-refractivity contribution is 0.0591. The minimum atomic E-state index is -0.521. The molecule has 0 saturated carbocycles. The fourth-order valence-corrected chi connectivity index (χ4v) is 2.81. The zero-order valence-electron chi connectivity index (χ0n) is 14.1. The van der Waals surface area contributed by atoms with Crippen molar-refractivity contribution < 1.29 is 19.1 Å². The molecule has 0 radical (unpaired) electrons. The maximum atomic E-state index is 12.8. The van der Waals surface area contributed by atoms with Gasteiger partial charge in [-0.25, -0.2) is 9.78 Å². The number of rotatable bonds is 4. The fraction of sp³-hybridized carbons (Fsp3) is 0.333. The molecule has 1 unspecified atom stereocenters. The number of hydrogen-bond acceptors (Lipinski definition) is 6. The molecule has 2 aromatic rings. The highest BCUT2D eigenvalue weighted by Gasteiger charge is 2.30. The van der Waals surface area contributed by atoms with E-state index in [1.165, 1.54) is 7.11 Å². The first-order valence-corrected chi connectivity index (χ1v) is 8.01. The van der Waals surface area contributed by atoms with Crippen molar-refractivity contribution in [1.29, 1.82) is 0 Å². The van der Waals surface area contributed by atoms with E-state index in [1.807, 2.05) is 0 Å². The molecular weight excluding hydrogens is 322 g/mol. The van der Waals surface area contributed by atoms with Gasteiger partial charge in [0.2, 0.25) is 5.88 Å². The zero-order chi connectivity index (χ0) is 17.8. The van der Waals surface area contributed by atoms with Crippen LogP contribution in [0.3, 0.4) is 0 Å². The molecule has 25 heavy (non-hydrogen) atoms. The highest BCUT2D eigenvalue weighted by atomic mass is 16.5. The molecule has 1 fully saturated rings. The van der Waals surface area contributed by atoms with Crippen LogP contribution in [-0.4, -0.2) is 53.0 Å². The Morgan fingerprint density at radius 2 is 1.96 bits per heavy atom. The molecule has 0 bridgehead atoms. The van der Waals surface area contributed by atoms with Crippen LogP contribution in [0.25, 0.3) is 0 Å². The molecule has 130 valence electrons. The molecule has 7 heteroatoms. The van der Waals surface area contributed by atoms with Crippen molar-refractivity contribution in [3.8, 4) is 5.88 Å². The average molecular weight is 341 g/mol. The Bertz CT molecular complexity index is 793. The van der Waals surface area contributed by atoms with Crippen molar-refractivity contribution in [3.05, 3.63) is 53.5 Å². The molecule has 1 aromatic carbocycles. The van der Waals surface area contributed by atoms with Crippen molar-refractivity contribution in [2.24, 2.45) is 0 Å². The van der Waals surface area contributed by atoms with E-state index < -0.39 is 5.97 Å². The summed E-state index contributed by atoms with van der Waals surface area (Å²) in [6, 6.07) is 8.36. The fourth-order valence-electron chi connectivity index (χ4n) is 2.81. The Morgan fingerprint density at radius 1 is 1.20 bits per heavy atom. The summed E-state index contributed by atoms with van der Waals surface area (Å²) in [6.07, 6.45) is 2.21. The lowest BCUT2D eigenvalue weighted by atomic mass is 10.1. The molecule has 0 aliphatic carbocycles. The summed E-state index contributed by atoms with van der Waals surface area (Å²) in [5.41, 5.74) is 0.610. The third kappa shape index (κ3) is 3.76. The predicted molar refractivity (Wildman–Crippen MR) is 89.5 cm³/mol. The number of aryl methyl sites for hydroxylation is 1. The van der Waals surface area contributed by atoms with E-state index in [4.69, 9.17) is 9.47 Å². The maximum Gasteiger partial charge on any atom is 0.338 e. The molecule has 2 heterocycles. The average Bonchev–Trinajstić information content (AvgIpc) is 3.09. The summed E-state index contributed by atoms with van der Waals surface area (Å²) in [7, 11) is 1.30. The van der Waals surface area contributed by atoms with Gasteiger partial charge in [0.25, 0.3) is 5.91 Å². The predicted octanol–water partition coefficient (Wildman–Crippen LogP) is 1.87. The Balaban J connectivity index is 1.70. The van der Waals surface area contributed by atoms with Gasteiger partial charge in [-0.05, 0) is 19.1 Å². The van der Waals surface area contributed by atoms with Crippen molar-refractivity contribution in [3.63, 3.8) is 0 Å². The van der Waals surface area contributed by atoms with Crippen LogP contribution < -0.4 is 4.74 Å². The summed E-state index contributed by atoms with van der Waals surface area (Å²) in [5, 5.41) is 0. The number of esters is 1. The Hall–Kier alpha value is -2.96. The number of amides is 1. The van der Waals surface area contributed by atoms with E-state index in [0.29, 0.717) is 36.8 Å². The number of carbonyl (C=O) groups is 2. The second-order valence-electron chi connectivity index (χ2n) is 5.76. The molecule has 1 saturated heterocycles. The smallest absolute Gasteiger partial charge is 0.338 e. The molecule has 1 aliphatic rings. The van der Waals surface area contributed by atoms with E-state index in [1.54, 1.807) is 48.4 Å². The molecule has 3 rings (SSSR count). The van der Waals surface area contributed by atoms with Crippen molar-refractivity contribution in [1.82, 2.24) is 14.9 Å². The van der Waals surface area contributed by atoms with Gasteiger partial charge in [-0.3, -0.25) is 4.79 Å². The highest BCUT2D eigenvalue weighted by Crippen LogP contribution is 2.20. The first kappa shape index (κ1) is 16.9. The Kier molecular flexibility index (Phi) is 4.92. The lowest BCUT2D eigenvalue weighted by Gasteiger charge is -2.18. The minimum Gasteiger partial charge on any atom is -0.472 e. The second kappa shape index (κ2) is 7.29. The molecule has 0 N–H and O–H groups in total. The van der Waals surface area contributed by atoms with Gasteiger partial charge in [-0.2, -0.15) is 4.98 Å².